The van der Waals surface area contributed by atoms with Crippen molar-refractivity contribution >= 4 is 26.1 Å². The second-order valence-electron chi connectivity index (χ2n) is 10.2. The molecule has 0 aliphatic heterocycles. The van der Waals surface area contributed by atoms with Gasteiger partial charge in [-0.15, -0.1) is 0 Å². The first-order valence-corrected chi connectivity index (χ1v) is 16.1. The summed E-state index contributed by atoms with van der Waals surface area (Å²) >= 11 is 0. The van der Waals surface area contributed by atoms with E-state index in [4.69, 9.17) is 4.43 Å². The Morgan fingerprint density at radius 2 is 1.55 bits per heavy atom. The van der Waals surface area contributed by atoms with E-state index >= 15 is 0 Å². The lowest BCUT2D eigenvalue weighted by Gasteiger charge is -2.41. The Bertz CT molecular complexity index is 928. The van der Waals surface area contributed by atoms with Gasteiger partial charge in [-0.1, -0.05) is 99.7 Å². The van der Waals surface area contributed by atoms with Gasteiger partial charge in [0.25, 0.3) is 0 Å². The van der Waals surface area contributed by atoms with Crippen LogP contribution in [-0.4, -0.2) is 20.6 Å². The van der Waals surface area contributed by atoms with Crippen molar-refractivity contribution in [2.75, 3.05) is 6.16 Å². The normalized spacial score (nSPS) is 19.6. The maximum Gasteiger partial charge on any atom is 0.192 e. The lowest BCUT2D eigenvalue weighted by Crippen LogP contribution is -2.44. The van der Waals surface area contributed by atoms with E-state index in [1.165, 1.54) is 11.1 Å². The summed E-state index contributed by atoms with van der Waals surface area (Å²) in [5.41, 5.74) is 2.39. The van der Waals surface area contributed by atoms with Crippen molar-refractivity contribution in [1.29, 1.82) is 0 Å². The van der Waals surface area contributed by atoms with Crippen LogP contribution in [0, 0.1) is 0 Å². The first kappa shape index (κ1) is 24.0. The fraction of sp³-hybridized carbons (Fsp3) is 0.407. The lowest BCUT2D eigenvalue weighted by atomic mass is 9.89. The van der Waals surface area contributed by atoms with Gasteiger partial charge in [0, 0.05) is 22.9 Å². The van der Waals surface area contributed by atoms with Crippen LogP contribution in [0.4, 0.5) is 0 Å². The van der Waals surface area contributed by atoms with Gasteiger partial charge in [0.2, 0.25) is 0 Å². The van der Waals surface area contributed by atoms with E-state index < -0.39 is 15.5 Å². The third-order valence-corrected chi connectivity index (χ3v) is 14.4. The molecule has 0 bridgehead atoms. The molecule has 1 atom stereocenters. The van der Waals surface area contributed by atoms with E-state index in [1.807, 2.05) is 60.7 Å². The molecule has 2 aromatic rings. The van der Waals surface area contributed by atoms with Crippen LogP contribution >= 0.6 is 7.14 Å². The molecule has 1 saturated carbocycles. The zero-order chi connectivity index (χ0) is 22.7. The molecule has 2 aromatic carbocycles. The Morgan fingerprint density at radius 3 is 2.03 bits per heavy atom. The average Bonchev–Trinajstić information content (AvgIpc) is 2.74. The molecular weight excluding hydrogens is 415 g/mol. The number of hydrogen-bond acceptors (Lipinski definition) is 2. The number of benzene rings is 2. The van der Waals surface area contributed by atoms with Crippen LogP contribution in [0.5, 0.6) is 0 Å². The van der Waals surface area contributed by atoms with Crippen molar-refractivity contribution < 1.29 is 8.99 Å². The maximum atomic E-state index is 14.3. The van der Waals surface area contributed by atoms with E-state index in [1.54, 1.807) is 0 Å². The van der Waals surface area contributed by atoms with E-state index in [0.29, 0.717) is 6.16 Å². The molecule has 3 rings (SSSR count). The molecule has 0 N–H and O–H groups in total. The SMILES string of the molecule is C=C1CCC(O[Si](C)(C)C(C)(C)C)C/C1=C\CP(=O)(c1ccccc1)c1ccccc1. The fourth-order valence-electron chi connectivity index (χ4n) is 3.85. The number of rotatable bonds is 6. The predicted molar refractivity (Wildman–Crippen MR) is 138 cm³/mol. The van der Waals surface area contributed by atoms with Gasteiger partial charge >= 0.3 is 0 Å². The molecular formula is C27H37O2PSi. The average molecular weight is 453 g/mol. The molecule has 2 nitrogen and oxygen atoms in total. The van der Waals surface area contributed by atoms with Gasteiger partial charge in [-0.3, -0.25) is 0 Å². The topological polar surface area (TPSA) is 26.3 Å². The molecule has 31 heavy (non-hydrogen) atoms. The molecule has 0 saturated heterocycles. The summed E-state index contributed by atoms with van der Waals surface area (Å²) in [4.78, 5) is 0. The second kappa shape index (κ2) is 9.44. The minimum atomic E-state index is -2.75. The largest absolute Gasteiger partial charge is 0.414 e. The van der Waals surface area contributed by atoms with Crippen molar-refractivity contribution in [2.24, 2.45) is 0 Å². The quantitative estimate of drug-likeness (QED) is 0.346. The summed E-state index contributed by atoms with van der Waals surface area (Å²) < 4.78 is 21.0. The highest BCUT2D eigenvalue weighted by molar-refractivity contribution is 7.78. The van der Waals surface area contributed by atoms with E-state index in [0.717, 1.165) is 29.9 Å². The molecule has 1 aliphatic carbocycles. The van der Waals surface area contributed by atoms with Gasteiger partial charge in [-0.2, -0.15) is 0 Å². The molecule has 4 heteroatoms. The summed E-state index contributed by atoms with van der Waals surface area (Å²) in [6, 6.07) is 19.8. The van der Waals surface area contributed by atoms with Gasteiger partial charge in [0.15, 0.2) is 8.32 Å². The third-order valence-electron chi connectivity index (χ3n) is 6.88. The van der Waals surface area contributed by atoms with Crippen LogP contribution < -0.4 is 10.6 Å². The fourth-order valence-corrected chi connectivity index (χ4v) is 7.74. The van der Waals surface area contributed by atoms with E-state index in [-0.39, 0.29) is 11.1 Å². The van der Waals surface area contributed by atoms with E-state index in [2.05, 4.69) is 46.5 Å². The summed E-state index contributed by atoms with van der Waals surface area (Å²) in [5, 5.41) is 2.02. The van der Waals surface area contributed by atoms with E-state index in [9.17, 15) is 4.57 Å². The van der Waals surface area contributed by atoms with Crippen LogP contribution in [0.25, 0.3) is 0 Å². The van der Waals surface area contributed by atoms with Gasteiger partial charge in [-0.25, -0.2) is 0 Å². The monoisotopic (exact) mass is 452 g/mol. The van der Waals surface area contributed by atoms with Gasteiger partial charge in [0.05, 0.1) is 0 Å². The van der Waals surface area contributed by atoms with Crippen LogP contribution in [-0.2, 0) is 8.99 Å². The summed E-state index contributed by atoms with van der Waals surface area (Å²) in [6.45, 7) is 15.8. The first-order chi connectivity index (χ1) is 14.5. The van der Waals surface area contributed by atoms with Crippen molar-refractivity contribution in [3.05, 3.63) is 84.5 Å². The van der Waals surface area contributed by atoms with Crippen molar-refractivity contribution in [2.45, 2.75) is 64.3 Å². The molecule has 0 aromatic heterocycles. The Morgan fingerprint density at radius 1 is 1.03 bits per heavy atom. The third kappa shape index (κ3) is 5.58. The van der Waals surface area contributed by atoms with Crippen LogP contribution in [0.2, 0.25) is 18.1 Å². The predicted octanol–water partition coefficient (Wildman–Crippen LogP) is 7.06. The Hall–Kier alpha value is -1.67. The standard InChI is InChI=1S/C27H37O2PSi/c1-22-17-18-24(29-31(5,6)27(2,3)4)21-23(22)19-20-30(28,25-13-9-7-10-14-25)26-15-11-8-12-16-26/h7-16,19,24H,1,17-18,20-21H2,2-6H3/b23-19+. The highest BCUT2D eigenvalue weighted by Gasteiger charge is 2.40. The highest BCUT2D eigenvalue weighted by Crippen LogP contribution is 2.45. The lowest BCUT2D eigenvalue weighted by molar-refractivity contribution is 0.164. The van der Waals surface area contributed by atoms with Crippen molar-refractivity contribution in [1.82, 2.24) is 0 Å². The minimum absolute atomic E-state index is 0.196. The Labute approximate surface area is 189 Å². The first-order valence-electron chi connectivity index (χ1n) is 11.3. The van der Waals surface area contributed by atoms with Crippen LogP contribution in [0.3, 0.4) is 0 Å². The van der Waals surface area contributed by atoms with Gasteiger partial charge < -0.3 is 8.99 Å². The van der Waals surface area contributed by atoms with Gasteiger partial charge in [0.1, 0.15) is 7.14 Å². The summed E-state index contributed by atoms with van der Waals surface area (Å²) in [5.74, 6) is 0. The molecule has 1 aliphatic rings. The Balaban J connectivity index is 1.86. The summed E-state index contributed by atoms with van der Waals surface area (Å²) in [7, 11) is -4.57. The molecule has 1 fully saturated rings. The highest BCUT2D eigenvalue weighted by atomic mass is 31.2. The van der Waals surface area contributed by atoms with Gasteiger partial charge in [-0.05, 0) is 43.0 Å². The molecule has 1 unspecified atom stereocenters. The van der Waals surface area contributed by atoms with Crippen molar-refractivity contribution in [3.63, 3.8) is 0 Å². The number of allylic oxidation sites excluding steroid dienone is 2. The van der Waals surface area contributed by atoms with Crippen LogP contribution in [0.1, 0.15) is 40.0 Å². The number of hydrogen-bond donors (Lipinski definition) is 0. The molecule has 0 amide bonds. The molecule has 0 heterocycles. The zero-order valence-electron chi connectivity index (χ0n) is 19.7. The second-order valence-corrected chi connectivity index (χ2v) is 17.8. The minimum Gasteiger partial charge on any atom is -0.414 e. The smallest absolute Gasteiger partial charge is 0.192 e. The molecule has 0 radical (unpaired) electrons. The maximum absolute atomic E-state index is 14.3. The summed E-state index contributed by atoms with van der Waals surface area (Å²) in [6.07, 6.45) is 5.77. The Kier molecular flexibility index (Phi) is 7.31. The molecule has 0 spiro atoms. The zero-order valence-corrected chi connectivity index (χ0v) is 21.6. The van der Waals surface area contributed by atoms with Crippen molar-refractivity contribution in [3.8, 4) is 0 Å². The van der Waals surface area contributed by atoms with Crippen LogP contribution in [0.15, 0.2) is 84.5 Å². The molecule has 166 valence electrons.